The van der Waals surface area contributed by atoms with Gasteiger partial charge in [-0.2, -0.15) is 0 Å². The third kappa shape index (κ3) is 2.66. The monoisotopic (exact) mass is 288 g/mol. The maximum Gasteiger partial charge on any atom is 0.303 e. The number of aryl methyl sites for hydroxylation is 2. The van der Waals surface area contributed by atoms with E-state index in [9.17, 15) is 9.90 Å². The molecule has 0 fully saturated rings. The predicted octanol–water partition coefficient (Wildman–Crippen LogP) is 2.49. The van der Waals surface area contributed by atoms with Gasteiger partial charge >= 0.3 is 5.97 Å². The molecule has 0 heterocycles. The highest BCUT2D eigenvalue weighted by Crippen LogP contribution is 2.39. The Morgan fingerprint density at radius 3 is 2.69 bits per heavy atom. The van der Waals surface area contributed by atoms with Gasteiger partial charge in [-0.1, -0.05) is 0 Å². The number of hydrogen-bond acceptors (Lipinski definition) is 3. The van der Waals surface area contributed by atoms with E-state index in [1.807, 2.05) is 0 Å². The van der Waals surface area contributed by atoms with Crippen LogP contribution in [0.25, 0.3) is 0 Å². The SMILES string of the molecule is COc1c(CCC(=O)O)cc(C)c(O)c1Br. The average Bonchev–Trinajstić information content (AvgIpc) is 2.23. The van der Waals surface area contributed by atoms with Crippen molar-refractivity contribution < 1.29 is 19.7 Å². The Balaban J connectivity index is 3.12. The van der Waals surface area contributed by atoms with E-state index < -0.39 is 5.97 Å². The van der Waals surface area contributed by atoms with Crippen molar-refractivity contribution >= 4 is 21.9 Å². The molecule has 0 saturated carbocycles. The number of carboxylic acids is 1. The van der Waals surface area contributed by atoms with Crippen LogP contribution in [0.2, 0.25) is 0 Å². The summed E-state index contributed by atoms with van der Waals surface area (Å²) in [5.41, 5.74) is 1.46. The summed E-state index contributed by atoms with van der Waals surface area (Å²) in [4.78, 5) is 10.5. The van der Waals surface area contributed by atoms with Gasteiger partial charge in [0.25, 0.3) is 0 Å². The summed E-state index contributed by atoms with van der Waals surface area (Å²) in [6, 6.07) is 1.74. The van der Waals surface area contributed by atoms with Crippen molar-refractivity contribution in [2.24, 2.45) is 0 Å². The number of aromatic hydroxyl groups is 1. The number of hydrogen-bond donors (Lipinski definition) is 2. The highest BCUT2D eigenvalue weighted by molar-refractivity contribution is 9.10. The van der Waals surface area contributed by atoms with Crippen molar-refractivity contribution in [2.45, 2.75) is 19.8 Å². The van der Waals surface area contributed by atoms with Crippen LogP contribution in [0.5, 0.6) is 11.5 Å². The zero-order chi connectivity index (χ0) is 12.3. The van der Waals surface area contributed by atoms with Crippen molar-refractivity contribution in [3.8, 4) is 11.5 Å². The minimum atomic E-state index is -0.857. The first-order valence-corrected chi connectivity index (χ1v) is 5.53. The van der Waals surface area contributed by atoms with Gasteiger partial charge in [-0.05, 0) is 46.5 Å². The number of phenolic OH excluding ortho intramolecular Hbond substituents is 1. The Labute approximate surface area is 102 Å². The van der Waals surface area contributed by atoms with E-state index in [0.29, 0.717) is 22.2 Å². The summed E-state index contributed by atoms with van der Waals surface area (Å²) < 4.78 is 5.61. The molecule has 5 heteroatoms. The maximum absolute atomic E-state index is 10.5. The third-order valence-electron chi connectivity index (χ3n) is 2.28. The van der Waals surface area contributed by atoms with Gasteiger partial charge in [0.1, 0.15) is 16.0 Å². The summed E-state index contributed by atoms with van der Waals surface area (Å²) in [5.74, 6) is -0.246. The van der Waals surface area contributed by atoms with E-state index in [-0.39, 0.29) is 12.2 Å². The molecule has 0 saturated heterocycles. The highest BCUT2D eigenvalue weighted by atomic mass is 79.9. The molecule has 0 aliphatic carbocycles. The number of phenols is 1. The van der Waals surface area contributed by atoms with Crippen LogP contribution < -0.4 is 4.74 Å². The largest absolute Gasteiger partial charge is 0.506 e. The molecule has 1 aromatic rings. The van der Waals surface area contributed by atoms with E-state index >= 15 is 0 Å². The summed E-state index contributed by atoms with van der Waals surface area (Å²) in [5, 5.41) is 18.3. The molecule has 0 spiro atoms. The minimum absolute atomic E-state index is 0.0347. The van der Waals surface area contributed by atoms with Crippen LogP contribution in [-0.4, -0.2) is 23.3 Å². The molecule has 0 bridgehead atoms. The van der Waals surface area contributed by atoms with Crippen LogP contribution in [0.4, 0.5) is 0 Å². The van der Waals surface area contributed by atoms with Gasteiger partial charge in [0.2, 0.25) is 0 Å². The van der Waals surface area contributed by atoms with Crippen molar-refractivity contribution in [3.63, 3.8) is 0 Å². The van der Waals surface area contributed by atoms with E-state index in [4.69, 9.17) is 9.84 Å². The first-order valence-electron chi connectivity index (χ1n) is 4.74. The number of benzene rings is 1. The van der Waals surface area contributed by atoms with Crippen molar-refractivity contribution in [1.29, 1.82) is 0 Å². The van der Waals surface area contributed by atoms with Gasteiger partial charge in [0.05, 0.1) is 7.11 Å². The fourth-order valence-corrected chi connectivity index (χ4v) is 2.19. The lowest BCUT2D eigenvalue weighted by atomic mass is 10.0. The molecular weight excluding hydrogens is 276 g/mol. The second kappa shape index (κ2) is 5.21. The lowest BCUT2D eigenvalue weighted by Gasteiger charge is -2.13. The quantitative estimate of drug-likeness (QED) is 0.893. The Morgan fingerprint density at radius 1 is 1.56 bits per heavy atom. The zero-order valence-electron chi connectivity index (χ0n) is 9.08. The smallest absolute Gasteiger partial charge is 0.303 e. The van der Waals surface area contributed by atoms with Gasteiger partial charge < -0.3 is 14.9 Å². The van der Waals surface area contributed by atoms with Crippen LogP contribution in [0, 0.1) is 6.92 Å². The van der Waals surface area contributed by atoms with Gasteiger partial charge in [0.15, 0.2) is 0 Å². The number of carboxylic acid groups (broad SMARTS) is 1. The number of carbonyl (C=O) groups is 1. The minimum Gasteiger partial charge on any atom is -0.506 e. The van der Waals surface area contributed by atoms with E-state index in [2.05, 4.69) is 15.9 Å². The Morgan fingerprint density at radius 2 is 2.19 bits per heavy atom. The standard InChI is InChI=1S/C11H13BrO4/c1-6-5-7(3-4-8(13)14)11(16-2)9(12)10(6)15/h5,15H,3-4H2,1-2H3,(H,13,14). The zero-order valence-corrected chi connectivity index (χ0v) is 10.7. The third-order valence-corrected chi connectivity index (χ3v) is 3.01. The molecule has 1 rings (SSSR count). The molecule has 0 radical (unpaired) electrons. The van der Waals surface area contributed by atoms with Crippen molar-refractivity contribution in [1.82, 2.24) is 0 Å². The van der Waals surface area contributed by atoms with E-state index in [0.717, 1.165) is 5.56 Å². The van der Waals surface area contributed by atoms with Crippen LogP contribution >= 0.6 is 15.9 Å². The van der Waals surface area contributed by atoms with Crippen LogP contribution in [0.15, 0.2) is 10.5 Å². The molecule has 0 amide bonds. The molecule has 0 aliphatic heterocycles. The van der Waals surface area contributed by atoms with Gasteiger partial charge in [-0.3, -0.25) is 4.79 Å². The molecular formula is C11H13BrO4. The molecule has 0 aromatic heterocycles. The topological polar surface area (TPSA) is 66.8 Å². The number of rotatable bonds is 4. The molecule has 0 unspecified atom stereocenters. The Hall–Kier alpha value is -1.23. The van der Waals surface area contributed by atoms with Gasteiger partial charge in [-0.25, -0.2) is 0 Å². The number of ether oxygens (including phenoxy) is 1. The second-order valence-electron chi connectivity index (χ2n) is 3.44. The molecule has 0 atom stereocenters. The predicted molar refractivity (Wildman–Crippen MR) is 63.1 cm³/mol. The highest BCUT2D eigenvalue weighted by Gasteiger charge is 2.15. The number of methoxy groups -OCH3 is 1. The average molecular weight is 289 g/mol. The first kappa shape index (κ1) is 12.8. The molecule has 0 aliphatic rings. The molecule has 4 nitrogen and oxygen atoms in total. The first-order chi connectivity index (χ1) is 7.47. The molecule has 16 heavy (non-hydrogen) atoms. The normalized spacial score (nSPS) is 10.2. The fraction of sp³-hybridized carbons (Fsp3) is 0.364. The maximum atomic E-state index is 10.5. The number of halogens is 1. The van der Waals surface area contributed by atoms with Gasteiger partial charge in [-0.15, -0.1) is 0 Å². The van der Waals surface area contributed by atoms with Crippen LogP contribution in [0.1, 0.15) is 17.5 Å². The van der Waals surface area contributed by atoms with E-state index in [1.165, 1.54) is 7.11 Å². The summed E-state index contributed by atoms with van der Waals surface area (Å²) >= 11 is 3.23. The molecule has 1 aromatic carbocycles. The fourth-order valence-electron chi connectivity index (χ4n) is 1.46. The molecule has 2 N–H and O–H groups in total. The summed E-state index contributed by atoms with van der Waals surface area (Å²) in [6.45, 7) is 1.75. The lowest BCUT2D eigenvalue weighted by molar-refractivity contribution is -0.136. The Kier molecular flexibility index (Phi) is 4.18. The summed E-state index contributed by atoms with van der Waals surface area (Å²) in [7, 11) is 1.49. The lowest BCUT2D eigenvalue weighted by Crippen LogP contribution is -2.01. The Bertz CT molecular complexity index is 415. The van der Waals surface area contributed by atoms with Crippen molar-refractivity contribution in [3.05, 3.63) is 21.7 Å². The summed E-state index contributed by atoms with van der Waals surface area (Å²) in [6.07, 6.45) is 0.408. The van der Waals surface area contributed by atoms with Gasteiger partial charge in [0, 0.05) is 6.42 Å². The van der Waals surface area contributed by atoms with Crippen molar-refractivity contribution in [2.75, 3.05) is 7.11 Å². The second-order valence-corrected chi connectivity index (χ2v) is 4.24. The van der Waals surface area contributed by atoms with Crippen LogP contribution in [-0.2, 0) is 11.2 Å². The van der Waals surface area contributed by atoms with Crippen LogP contribution in [0.3, 0.4) is 0 Å². The van der Waals surface area contributed by atoms with E-state index in [1.54, 1.807) is 13.0 Å². The number of aliphatic carboxylic acids is 1. The molecule has 88 valence electrons.